The van der Waals surface area contributed by atoms with Gasteiger partial charge in [-0.1, -0.05) is 164 Å². The van der Waals surface area contributed by atoms with E-state index in [4.69, 9.17) is 0 Å². The Kier molecular flexibility index (Phi) is 7.75. The molecule has 0 saturated carbocycles. The van der Waals surface area contributed by atoms with Gasteiger partial charge in [0.25, 0.3) is 0 Å². The van der Waals surface area contributed by atoms with Gasteiger partial charge in [0.1, 0.15) is 0 Å². The van der Waals surface area contributed by atoms with E-state index < -0.39 is 0 Å². The fraction of sp³-hybridized carbons (Fsp3) is 0. The molecule has 0 fully saturated rings. The van der Waals surface area contributed by atoms with Crippen molar-refractivity contribution in [3.63, 3.8) is 0 Å². The van der Waals surface area contributed by atoms with Crippen molar-refractivity contribution in [1.29, 1.82) is 0 Å². The molecule has 0 saturated heterocycles. The topological polar surface area (TPSA) is 3.24 Å². The molecule has 11 rings (SSSR count). The minimum Gasteiger partial charge on any atom is -0.310 e. The van der Waals surface area contributed by atoms with Crippen molar-refractivity contribution in [2.45, 2.75) is 0 Å². The monoisotopic (exact) mass is 729 g/mol. The van der Waals surface area contributed by atoms with Crippen molar-refractivity contribution in [2.75, 3.05) is 4.90 Å². The van der Waals surface area contributed by atoms with Gasteiger partial charge in [0.2, 0.25) is 0 Å². The van der Waals surface area contributed by atoms with Crippen LogP contribution in [0.2, 0.25) is 0 Å². The van der Waals surface area contributed by atoms with E-state index in [0.717, 1.165) is 17.1 Å². The van der Waals surface area contributed by atoms with Crippen LogP contribution < -0.4 is 4.90 Å². The van der Waals surface area contributed by atoms with E-state index in [-0.39, 0.29) is 0 Å². The average molecular weight is 730 g/mol. The van der Waals surface area contributed by atoms with E-state index >= 15 is 0 Å². The zero-order chi connectivity index (χ0) is 37.0. The summed E-state index contributed by atoms with van der Waals surface area (Å²) in [7, 11) is 0. The van der Waals surface area contributed by atoms with Crippen molar-refractivity contribution in [2.24, 2.45) is 0 Å². The fourth-order valence-corrected chi connectivity index (χ4v) is 9.80. The van der Waals surface area contributed by atoms with E-state index in [1.165, 1.54) is 85.9 Å². The summed E-state index contributed by atoms with van der Waals surface area (Å²) in [6.07, 6.45) is 0. The van der Waals surface area contributed by atoms with Crippen molar-refractivity contribution >= 4 is 80.9 Å². The largest absolute Gasteiger partial charge is 0.310 e. The SMILES string of the molecule is c1ccc(-c2ccc(N(c3cccc(-c4ccccc4-c4cc5ccccc5c5ccccc45)c3)c3ccc4ccc5c6ccccc6sc5c4c3)cc2)cc1. The third kappa shape index (κ3) is 5.46. The van der Waals surface area contributed by atoms with Crippen molar-refractivity contribution in [3.8, 4) is 33.4 Å². The van der Waals surface area contributed by atoms with Crippen LogP contribution in [-0.4, -0.2) is 0 Å². The predicted molar refractivity (Wildman–Crippen MR) is 243 cm³/mol. The Balaban J connectivity index is 1.10. The highest BCUT2D eigenvalue weighted by Crippen LogP contribution is 2.44. The summed E-state index contributed by atoms with van der Waals surface area (Å²) in [5.74, 6) is 0. The average Bonchev–Trinajstić information content (AvgIpc) is 3.66. The van der Waals surface area contributed by atoms with Crippen molar-refractivity contribution in [3.05, 3.63) is 212 Å². The summed E-state index contributed by atoms with van der Waals surface area (Å²) in [6, 6.07) is 77.7. The highest BCUT2D eigenvalue weighted by Gasteiger charge is 2.18. The molecule has 11 aromatic rings. The van der Waals surface area contributed by atoms with Gasteiger partial charge in [0.05, 0.1) is 0 Å². The Bertz CT molecular complexity index is 3250. The number of hydrogen-bond acceptors (Lipinski definition) is 2. The predicted octanol–water partition coefficient (Wildman–Crippen LogP) is 16.0. The van der Waals surface area contributed by atoms with Crippen LogP contribution in [0, 0.1) is 0 Å². The van der Waals surface area contributed by atoms with Gasteiger partial charge in [0, 0.05) is 42.6 Å². The second-order valence-corrected chi connectivity index (χ2v) is 15.5. The smallest absolute Gasteiger partial charge is 0.0468 e. The Morgan fingerprint density at radius 3 is 1.77 bits per heavy atom. The fourth-order valence-electron chi connectivity index (χ4n) is 8.57. The van der Waals surface area contributed by atoms with E-state index in [0.29, 0.717) is 0 Å². The maximum absolute atomic E-state index is 2.41. The summed E-state index contributed by atoms with van der Waals surface area (Å²) in [6.45, 7) is 0. The maximum Gasteiger partial charge on any atom is 0.0468 e. The first-order valence-electron chi connectivity index (χ1n) is 19.2. The molecule has 0 N–H and O–H groups in total. The summed E-state index contributed by atoms with van der Waals surface area (Å²) in [5, 5.41) is 10.2. The standard InChI is InChI=1S/C54H35NS/c1-2-13-36(14-3-1)37-25-29-41(30-26-37)55(43-31-27-38-28-32-50-49-23-10-11-24-53(49)56-54(50)51(38)35-43)42-17-12-16-39(33-42)44-19-6-7-21-47(44)52-34-40-15-4-5-18-45(40)46-20-8-9-22-48(46)52/h1-35H. The molecule has 0 radical (unpaired) electrons. The highest BCUT2D eigenvalue weighted by atomic mass is 32.1. The van der Waals surface area contributed by atoms with Gasteiger partial charge >= 0.3 is 0 Å². The van der Waals surface area contributed by atoms with Crippen LogP contribution in [0.3, 0.4) is 0 Å². The van der Waals surface area contributed by atoms with Gasteiger partial charge in [-0.2, -0.15) is 0 Å². The third-order valence-corrected chi connectivity index (χ3v) is 12.5. The zero-order valence-corrected chi connectivity index (χ0v) is 31.4. The van der Waals surface area contributed by atoms with E-state index in [1.54, 1.807) is 0 Å². The van der Waals surface area contributed by atoms with Gasteiger partial charge in [-0.05, 0) is 109 Å². The molecule has 56 heavy (non-hydrogen) atoms. The second kappa shape index (κ2) is 13.4. The van der Waals surface area contributed by atoms with Gasteiger partial charge in [0.15, 0.2) is 0 Å². The molecule has 0 atom stereocenters. The van der Waals surface area contributed by atoms with E-state index in [9.17, 15) is 0 Å². The van der Waals surface area contributed by atoms with Crippen LogP contribution >= 0.6 is 11.3 Å². The van der Waals surface area contributed by atoms with Gasteiger partial charge in [-0.25, -0.2) is 0 Å². The molecule has 0 unspecified atom stereocenters. The highest BCUT2D eigenvalue weighted by molar-refractivity contribution is 7.26. The van der Waals surface area contributed by atoms with Crippen LogP contribution in [0.1, 0.15) is 0 Å². The van der Waals surface area contributed by atoms with Crippen LogP contribution in [0.4, 0.5) is 17.1 Å². The Hall–Kier alpha value is -7.00. The molecule has 2 heteroatoms. The molecule has 1 nitrogen and oxygen atoms in total. The van der Waals surface area contributed by atoms with Gasteiger partial charge in [-0.3, -0.25) is 0 Å². The molecule has 0 spiro atoms. The molecule has 0 amide bonds. The van der Waals surface area contributed by atoms with Crippen LogP contribution in [0.5, 0.6) is 0 Å². The molecule has 0 aliphatic rings. The summed E-state index contributed by atoms with van der Waals surface area (Å²) < 4.78 is 2.65. The number of rotatable bonds is 6. The first-order valence-corrected chi connectivity index (χ1v) is 20.0. The maximum atomic E-state index is 2.41. The molecular formula is C54H35NS. The number of thiophene rings is 1. The Labute approximate surface area is 330 Å². The zero-order valence-electron chi connectivity index (χ0n) is 30.6. The first-order chi connectivity index (χ1) is 27.8. The molecule has 1 aromatic heterocycles. The second-order valence-electron chi connectivity index (χ2n) is 14.5. The summed E-state index contributed by atoms with van der Waals surface area (Å²) in [4.78, 5) is 2.41. The Morgan fingerprint density at radius 2 is 0.911 bits per heavy atom. The van der Waals surface area contributed by atoms with E-state index in [1.807, 2.05) is 11.3 Å². The normalized spacial score (nSPS) is 11.6. The first kappa shape index (κ1) is 32.4. The lowest BCUT2D eigenvalue weighted by Gasteiger charge is -2.27. The van der Waals surface area contributed by atoms with Crippen LogP contribution in [-0.2, 0) is 0 Å². The lowest BCUT2D eigenvalue weighted by molar-refractivity contribution is 1.29. The minimum atomic E-state index is 1.11. The number of anilines is 3. The van der Waals surface area contributed by atoms with Gasteiger partial charge < -0.3 is 4.90 Å². The quantitative estimate of drug-likeness (QED) is 0.154. The number of hydrogen-bond donors (Lipinski definition) is 0. The van der Waals surface area contributed by atoms with E-state index in [2.05, 4.69) is 217 Å². The summed E-state index contributed by atoms with van der Waals surface area (Å²) in [5.41, 5.74) is 10.6. The molecule has 10 aromatic carbocycles. The molecule has 0 aliphatic heterocycles. The summed E-state index contributed by atoms with van der Waals surface area (Å²) >= 11 is 1.88. The molecule has 1 heterocycles. The molecular weight excluding hydrogens is 695 g/mol. The Morgan fingerprint density at radius 1 is 0.286 bits per heavy atom. The number of fused-ring (bicyclic) bond motifs is 8. The lowest BCUT2D eigenvalue weighted by atomic mass is 9.89. The van der Waals surface area contributed by atoms with Gasteiger partial charge in [-0.15, -0.1) is 11.3 Å². The number of nitrogens with zero attached hydrogens (tertiary/aromatic N) is 1. The minimum absolute atomic E-state index is 1.11. The molecule has 0 aliphatic carbocycles. The number of benzene rings is 10. The third-order valence-electron chi connectivity index (χ3n) is 11.2. The molecule has 262 valence electrons. The van der Waals surface area contributed by atoms with Crippen LogP contribution in [0.15, 0.2) is 212 Å². The van der Waals surface area contributed by atoms with Crippen LogP contribution in [0.25, 0.3) is 85.9 Å². The van der Waals surface area contributed by atoms with Crippen molar-refractivity contribution < 1.29 is 0 Å². The molecule has 0 bridgehead atoms. The lowest BCUT2D eigenvalue weighted by Crippen LogP contribution is -2.10. The van der Waals surface area contributed by atoms with Crippen molar-refractivity contribution in [1.82, 2.24) is 0 Å².